The summed E-state index contributed by atoms with van der Waals surface area (Å²) < 4.78 is 18.6. The van der Waals surface area contributed by atoms with Crippen LogP contribution in [0.3, 0.4) is 0 Å². The number of carbonyl (C=O) groups is 2. The van der Waals surface area contributed by atoms with Crippen LogP contribution in [-0.4, -0.2) is 58.3 Å². The van der Waals surface area contributed by atoms with E-state index in [2.05, 4.69) is 10.6 Å². The summed E-state index contributed by atoms with van der Waals surface area (Å²) in [4.78, 5) is 26.6. The van der Waals surface area contributed by atoms with E-state index >= 15 is 0 Å². The van der Waals surface area contributed by atoms with Crippen molar-refractivity contribution < 1.29 is 28.5 Å². The number of hydrogen-bond donors (Lipinski definition) is 4. The summed E-state index contributed by atoms with van der Waals surface area (Å²) in [5.74, 6) is -0.858. The Morgan fingerprint density at radius 3 is 2.27 bits per heavy atom. The monoisotopic (exact) mass is 416 g/mol. The second-order valence-corrected chi connectivity index (χ2v) is 7.65. The Bertz CT molecular complexity index is 854. The number of anilines is 2. The fraction of sp³-hybridized carbons (Fsp3) is 0.364. The lowest BCUT2D eigenvalue weighted by Crippen LogP contribution is -3.12. The zero-order valence-electron chi connectivity index (χ0n) is 17.2. The number of hydrogen-bond acceptors (Lipinski definition) is 3. The molecule has 160 valence electrons. The molecule has 0 spiro atoms. The van der Waals surface area contributed by atoms with Crippen molar-refractivity contribution >= 4 is 23.2 Å². The first kappa shape index (κ1) is 21.9. The average Bonchev–Trinajstić information content (AvgIpc) is 2.70. The Kier molecular flexibility index (Phi) is 7.89. The van der Waals surface area contributed by atoms with Crippen molar-refractivity contribution in [2.75, 3.05) is 57.1 Å². The van der Waals surface area contributed by atoms with E-state index in [4.69, 9.17) is 4.74 Å². The van der Waals surface area contributed by atoms with Crippen molar-refractivity contribution in [3.63, 3.8) is 0 Å². The SMILES string of the molecule is C[NH+](CC(=O)Nc1ccc(C[NH+]2CCOCC2)cc1)CC(=O)Nc1cccc(F)c1. The van der Waals surface area contributed by atoms with Gasteiger partial charge in [-0.3, -0.25) is 9.59 Å². The second-order valence-electron chi connectivity index (χ2n) is 7.65. The molecule has 2 amide bonds. The molecule has 2 aromatic carbocycles. The van der Waals surface area contributed by atoms with Crippen molar-refractivity contribution in [1.29, 1.82) is 0 Å². The smallest absolute Gasteiger partial charge is 0.279 e. The number of morpholine rings is 1. The zero-order valence-corrected chi connectivity index (χ0v) is 17.2. The number of likely N-dealkylation sites (N-methyl/N-ethyl adjacent to an activating group) is 1. The highest BCUT2D eigenvalue weighted by molar-refractivity contribution is 5.93. The molecular weight excluding hydrogens is 387 g/mol. The normalized spacial score (nSPS) is 15.4. The summed E-state index contributed by atoms with van der Waals surface area (Å²) in [6.45, 7) is 4.84. The van der Waals surface area contributed by atoms with Crippen LogP contribution in [0.4, 0.5) is 15.8 Å². The molecule has 30 heavy (non-hydrogen) atoms. The fourth-order valence-corrected chi connectivity index (χ4v) is 3.42. The van der Waals surface area contributed by atoms with Crippen LogP contribution in [0.25, 0.3) is 0 Å². The van der Waals surface area contributed by atoms with Crippen molar-refractivity contribution in [3.8, 4) is 0 Å². The maximum Gasteiger partial charge on any atom is 0.279 e. The molecule has 2 aromatic rings. The quantitative estimate of drug-likeness (QED) is 0.461. The minimum Gasteiger partial charge on any atom is -0.370 e. The topological polar surface area (TPSA) is 76.3 Å². The van der Waals surface area contributed by atoms with Gasteiger partial charge in [0.15, 0.2) is 13.1 Å². The van der Waals surface area contributed by atoms with Crippen LogP contribution >= 0.6 is 0 Å². The van der Waals surface area contributed by atoms with Gasteiger partial charge in [-0.1, -0.05) is 18.2 Å². The van der Waals surface area contributed by atoms with Gasteiger partial charge in [-0.2, -0.15) is 0 Å². The number of halogens is 1. The highest BCUT2D eigenvalue weighted by Gasteiger charge is 2.16. The number of amides is 2. The van der Waals surface area contributed by atoms with Crippen LogP contribution < -0.4 is 20.4 Å². The molecule has 1 aliphatic rings. The molecule has 0 aliphatic carbocycles. The maximum absolute atomic E-state index is 13.2. The van der Waals surface area contributed by atoms with E-state index in [9.17, 15) is 14.0 Å². The molecule has 3 rings (SSSR count). The molecule has 0 saturated carbocycles. The predicted molar refractivity (Wildman–Crippen MR) is 112 cm³/mol. The Hall–Kier alpha value is -2.81. The Labute approximate surface area is 175 Å². The lowest BCUT2D eigenvalue weighted by atomic mass is 10.2. The van der Waals surface area contributed by atoms with Gasteiger partial charge in [0, 0.05) is 16.9 Å². The van der Waals surface area contributed by atoms with Crippen LogP contribution in [0.1, 0.15) is 5.56 Å². The molecule has 0 bridgehead atoms. The molecular formula is C22H29FN4O3+2. The van der Waals surface area contributed by atoms with Gasteiger partial charge in [0.05, 0.1) is 20.3 Å². The molecule has 1 saturated heterocycles. The van der Waals surface area contributed by atoms with Crippen LogP contribution in [0, 0.1) is 5.82 Å². The lowest BCUT2D eigenvalue weighted by Gasteiger charge is -2.23. The third kappa shape index (κ3) is 7.22. The summed E-state index contributed by atoms with van der Waals surface area (Å²) >= 11 is 0. The standard InChI is InChI=1S/C22H27FN4O3/c1-26(16-22(29)25-20-4-2-3-18(23)13-20)15-21(28)24-19-7-5-17(6-8-19)14-27-9-11-30-12-10-27/h2-8,13H,9-12,14-16H2,1H3,(H,24,28)(H,25,29)/p+2. The number of carbonyl (C=O) groups excluding carboxylic acids is 2. The van der Waals surface area contributed by atoms with E-state index in [0.29, 0.717) is 5.69 Å². The van der Waals surface area contributed by atoms with Gasteiger partial charge in [0.2, 0.25) is 0 Å². The molecule has 1 atom stereocenters. The van der Waals surface area contributed by atoms with Crippen LogP contribution in [0.2, 0.25) is 0 Å². The second kappa shape index (κ2) is 10.8. The first-order valence-corrected chi connectivity index (χ1v) is 10.1. The largest absolute Gasteiger partial charge is 0.370 e. The summed E-state index contributed by atoms with van der Waals surface area (Å²) in [5, 5.41) is 5.50. The van der Waals surface area contributed by atoms with E-state index in [1.165, 1.54) is 28.7 Å². The van der Waals surface area contributed by atoms with Crippen molar-refractivity contribution in [3.05, 3.63) is 59.9 Å². The van der Waals surface area contributed by atoms with E-state index in [1.807, 2.05) is 24.3 Å². The summed E-state index contributed by atoms with van der Waals surface area (Å²) in [6.07, 6.45) is 0. The van der Waals surface area contributed by atoms with Crippen LogP contribution in [0.15, 0.2) is 48.5 Å². The number of rotatable bonds is 8. The van der Waals surface area contributed by atoms with Gasteiger partial charge in [-0.25, -0.2) is 4.39 Å². The number of benzene rings is 2. The van der Waals surface area contributed by atoms with Crippen molar-refractivity contribution in [1.82, 2.24) is 0 Å². The van der Waals surface area contributed by atoms with Crippen molar-refractivity contribution in [2.24, 2.45) is 0 Å². The van der Waals surface area contributed by atoms with Crippen LogP contribution in [-0.2, 0) is 20.9 Å². The summed E-state index contributed by atoms with van der Waals surface area (Å²) in [7, 11) is 1.76. The fourth-order valence-electron chi connectivity index (χ4n) is 3.42. The number of nitrogens with one attached hydrogen (secondary N) is 4. The van der Waals surface area contributed by atoms with Crippen LogP contribution in [0.5, 0.6) is 0 Å². The molecule has 0 aromatic heterocycles. The molecule has 7 nitrogen and oxygen atoms in total. The average molecular weight is 416 g/mol. The first-order chi connectivity index (χ1) is 14.5. The van der Waals surface area contributed by atoms with E-state index in [1.54, 1.807) is 13.1 Å². The first-order valence-electron chi connectivity index (χ1n) is 10.1. The third-order valence-corrected chi connectivity index (χ3v) is 4.92. The predicted octanol–water partition coefficient (Wildman–Crippen LogP) is -0.667. The summed E-state index contributed by atoms with van der Waals surface area (Å²) in [6, 6.07) is 13.6. The lowest BCUT2D eigenvalue weighted by molar-refractivity contribution is -0.921. The third-order valence-electron chi connectivity index (χ3n) is 4.92. The van der Waals surface area contributed by atoms with Gasteiger partial charge in [0.1, 0.15) is 25.5 Å². The highest BCUT2D eigenvalue weighted by atomic mass is 19.1. The minimum absolute atomic E-state index is 0.102. The molecule has 1 unspecified atom stereocenters. The minimum atomic E-state index is -0.412. The molecule has 1 heterocycles. The zero-order chi connectivity index (χ0) is 21.3. The Morgan fingerprint density at radius 2 is 1.63 bits per heavy atom. The molecule has 4 N–H and O–H groups in total. The van der Waals surface area contributed by atoms with Gasteiger partial charge in [-0.05, 0) is 30.3 Å². The van der Waals surface area contributed by atoms with Gasteiger partial charge < -0.3 is 25.2 Å². The van der Waals surface area contributed by atoms with E-state index in [0.717, 1.165) is 43.4 Å². The van der Waals surface area contributed by atoms with Gasteiger partial charge >= 0.3 is 0 Å². The molecule has 1 fully saturated rings. The Morgan fingerprint density at radius 1 is 1.00 bits per heavy atom. The Balaban J connectivity index is 1.41. The molecule has 0 radical (unpaired) electrons. The molecule has 1 aliphatic heterocycles. The number of quaternary nitrogens is 2. The summed E-state index contributed by atoms with van der Waals surface area (Å²) in [5.41, 5.74) is 2.36. The highest BCUT2D eigenvalue weighted by Crippen LogP contribution is 2.09. The molecule has 8 heteroatoms. The van der Waals surface area contributed by atoms with Crippen molar-refractivity contribution in [2.45, 2.75) is 6.54 Å². The number of ether oxygens (including phenoxy) is 1. The van der Waals surface area contributed by atoms with E-state index < -0.39 is 5.82 Å². The van der Waals surface area contributed by atoms with E-state index in [-0.39, 0.29) is 24.9 Å². The van der Waals surface area contributed by atoms with Gasteiger partial charge in [-0.15, -0.1) is 0 Å². The maximum atomic E-state index is 13.2. The van der Waals surface area contributed by atoms with Gasteiger partial charge in [0.25, 0.3) is 11.8 Å².